The molecule has 0 heterocycles. The average Bonchev–Trinajstić information content (AvgIpc) is 2.02. The summed E-state index contributed by atoms with van der Waals surface area (Å²) in [6.45, 7) is 5.11. The van der Waals surface area contributed by atoms with Crippen molar-refractivity contribution in [2.24, 2.45) is 0 Å². The molecule has 82 valence electrons. The van der Waals surface area contributed by atoms with Crippen LogP contribution in [0.15, 0.2) is 0 Å². The van der Waals surface area contributed by atoms with Crippen molar-refractivity contribution in [2.45, 2.75) is 64.0 Å². The summed E-state index contributed by atoms with van der Waals surface area (Å²) >= 11 is 0. The minimum absolute atomic E-state index is 0.102. The zero-order valence-electron chi connectivity index (χ0n) is 9.39. The number of amides is 1. The van der Waals surface area contributed by atoms with E-state index in [1.165, 1.54) is 33.1 Å². The molecule has 1 rings (SSSR count). The lowest BCUT2D eigenvalue weighted by Crippen LogP contribution is -2.53. The van der Waals surface area contributed by atoms with Gasteiger partial charge in [0.2, 0.25) is 0 Å². The molecule has 0 aromatic carbocycles. The standard InChI is InChI=1S/C11H21NO2/c1-10(2,14)9(13)12-11(3)7-5-4-6-8-11/h14H,4-8H2,1-3H3,(H,12,13). The van der Waals surface area contributed by atoms with E-state index in [1.54, 1.807) is 0 Å². The number of nitrogens with one attached hydrogen (secondary N) is 1. The molecule has 1 saturated carbocycles. The minimum atomic E-state index is -1.26. The van der Waals surface area contributed by atoms with E-state index in [9.17, 15) is 9.90 Å². The predicted octanol–water partition coefficient (Wildman–Crippen LogP) is 1.60. The molecular weight excluding hydrogens is 178 g/mol. The zero-order chi connectivity index (χ0) is 10.8. The van der Waals surface area contributed by atoms with E-state index in [4.69, 9.17) is 0 Å². The largest absolute Gasteiger partial charge is 0.381 e. The van der Waals surface area contributed by atoms with E-state index in [2.05, 4.69) is 12.2 Å². The van der Waals surface area contributed by atoms with Crippen molar-refractivity contribution in [3.05, 3.63) is 0 Å². The van der Waals surface area contributed by atoms with Crippen LogP contribution < -0.4 is 5.32 Å². The van der Waals surface area contributed by atoms with Crippen LogP contribution in [0.3, 0.4) is 0 Å². The fourth-order valence-corrected chi connectivity index (χ4v) is 1.88. The summed E-state index contributed by atoms with van der Waals surface area (Å²) < 4.78 is 0. The summed E-state index contributed by atoms with van der Waals surface area (Å²) in [5, 5.41) is 12.5. The molecule has 14 heavy (non-hydrogen) atoms. The lowest BCUT2D eigenvalue weighted by atomic mass is 9.83. The maximum absolute atomic E-state index is 11.6. The second kappa shape index (κ2) is 3.89. The Morgan fingerprint density at radius 3 is 2.21 bits per heavy atom. The van der Waals surface area contributed by atoms with Crippen LogP contribution in [-0.4, -0.2) is 22.2 Å². The smallest absolute Gasteiger partial charge is 0.251 e. The lowest BCUT2D eigenvalue weighted by Gasteiger charge is -2.36. The third-order valence-corrected chi connectivity index (χ3v) is 2.93. The topological polar surface area (TPSA) is 49.3 Å². The molecule has 2 N–H and O–H groups in total. The molecule has 1 aliphatic rings. The highest BCUT2D eigenvalue weighted by atomic mass is 16.3. The van der Waals surface area contributed by atoms with Crippen molar-refractivity contribution >= 4 is 5.91 Å². The van der Waals surface area contributed by atoms with Crippen molar-refractivity contribution in [2.75, 3.05) is 0 Å². The Morgan fingerprint density at radius 1 is 1.29 bits per heavy atom. The molecule has 0 radical (unpaired) electrons. The Balaban J connectivity index is 2.54. The van der Waals surface area contributed by atoms with E-state index >= 15 is 0 Å². The number of aliphatic hydroxyl groups is 1. The molecule has 1 amide bonds. The number of hydrogen-bond donors (Lipinski definition) is 2. The van der Waals surface area contributed by atoms with E-state index in [1.807, 2.05) is 0 Å². The van der Waals surface area contributed by atoms with Crippen molar-refractivity contribution in [3.63, 3.8) is 0 Å². The molecule has 0 aromatic rings. The molecule has 0 unspecified atom stereocenters. The summed E-state index contributed by atoms with van der Waals surface area (Å²) in [5.74, 6) is -0.262. The number of carbonyl (C=O) groups is 1. The van der Waals surface area contributed by atoms with E-state index in [0.29, 0.717) is 0 Å². The van der Waals surface area contributed by atoms with Gasteiger partial charge in [-0.15, -0.1) is 0 Å². The van der Waals surface area contributed by atoms with E-state index in [0.717, 1.165) is 12.8 Å². The van der Waals surface area contributed by atoms with Crippen LogP contribution in [0, 0.1) is 0 Å². The zero-order valence-corrected chi connectivity index (χ0v) is 9.39. The van der Waals surface area contributed by atoms with Gasteiger partial charge in [-0.3, -0.25) is 4.79 Å². The molecule has 1 aliphatic carbocycles. The number of hydrogen-bond acceptors (Lipinski definition) is 2. The van der Waals surface area contributed by atoms with Crippen LogP contribution >= 0.6 is 0 Å². The summed E-state index contributed by atoms with van der Waals surface area (Å²) in [7, 11) is 0. The van der Waals surface area contributed by atoms with Gasteiger partial charge in [-0.25, -0.2) is 0 Å². The predicted molar refractivity (Wildman–Crippen MR) is 55.9 cm³/mol. The van der Waals surface area contributed by atoms with Crippen LogP contribution in [0.1, 0.15) is 52.9 Å². The maximum atomic E-state index is 11.6. The fourth-order valence-electron chi connectivity index (χ4n) is 1.88. The van der Waals surface area contributed by atoms with Gasteiger partial charge in [-0.05, 0) is 33.6 Å². The molecule has 3 nitrogen and oxygen atoms in total. The normalized spacial score (nSPS) is 21.7. The third-order valence-electron chi connectivity index (χ3n) is 2.93. The van der Waals surface area contributed by atoms with Crippen molar-refractivity contribution in [3.8, 4) is 0 Å². The van der Waals surface area contributed by atoms with Crippen LogP contribution in [0.25, 0.3) is 0 Å². The van der Waals surface area contributed by atoms with Crippen LogP contribution in [0.4, 0.5) is 0 Å². The van der Waals surface area contributed by atoms with Crippen LogP contribution in [-0.2, 0) is 4.79 Å². The Kier molecular flexibility index (Phi) is 3.20. The quantitative estimate of drug-likeness (QED) is 0.709. The summed E-state index contributed by atoms with van der Waals surface area (Å²) in [6, 6.07) is 0. The molecule has 0 aromatic heterocycles. The molecule has 0 atom stereocenters. The van der Waals surface area contributed by atoms with Gasteiger partial charge in [0.25, 0.3) is 5.91 Å². The molecule has 1 fully saturated rings. The fraction of sp³-hybridized carbons (Fsp3) is 0.909. The third kappa shape index (κ3) is 2.98. The van der Waals surface area contributed by atoms with Crippen molar-refractivity contribution < 1.29 is 9.90 Å². The van der Waals surface area contributed by atoms with Gasteiger partial charge < -0.3 is 10.4 Å². The molecule has 0 bridgehead atoms. The van der Waals surface area contributed by atoms with Gasteiger partial charge in [0.05, 0.1) is 0 Å². The second-order valence-corrected chi connectivity index (χ2v) is 5.13. The van der Waals surface area contributed by atoms with Crippen molar-refractivity contribution in [1.82, 2.24) is 5.32 Å². The van der Waals surface area contributed by atoms with Gasteiger partial charge in [0.1, 0.15) is 5.60 Å². The van der Waals surface area contributed by atoms with Crippen LogP contribution in [0.5, 0.6) is 0 Å². The van der Waals surface area contributed by atoms with E-state index < -0.39 is 5.60 Å². The molecule has 3 heteroatoms. The van der Waals surface area contributed by atoms with Gasteiger partial charge in [0, 0.05) is 5.54 Å². The Labute approximate surface area is 85.9 Å². The first-order chi connectivity index (χ1) is 6.33. The second-order valence-electron chi connectivity index (χ2n) is 5.13. The Morgan fingerprint density at radius 2 is 1.79 bits per heavy atom. The molecule has 0 aliphatic heterocycles. The first kappa shape index (κ1) is 11.5. The molecule has 0 saturated heterocycles. The van der Waals surface area contributed by atoms with Crippen LogP contribution in [0.2, 0.25) is 0 Å². The van der Waals surface area contributed by atoms with E-state index in [-0.39, 0.29) is 11.4 Å². The van der Waals surface area contributed by atoms with Gasteiger partial charge >= 0.3 is 0 Å². The SMILES string of the molecule is CC1(NC(=O)C(C)(C)O)CCCCC1. The van der Waals surface area contributed by atoms with Gasteiger partial charge in [-0.1, -0.05) is 19.3 Å². The lowest BCUT2D eigenvalue weighted by molar-refractivity contribution is -0.138. The Bertz CT molecular complexity index is 212. The minimum Gasteiger partial charge on any atom is -0.381 e. The molecular formula is C11H21NO2. The Hall–Kier alpha value is -0.570. The highest BCUT2D eigenvalue weighted by molar-refractivity contribution is 5.84. The summed E-state index contributed by atoms with van der Waals surface area (Å²) in [4.78, 5) is 11.6. The highest BCUT2D eigenvalue weighted by Gasteiger charge is 2.33. The molecule has 0 spiro atoms. The summed E-state index contributed by atoms with van der Waals surface area (Å²) in [6.07, 6.45) is 5.64. The number of carbonyl (C=O) groups excluding carboxylic acids is 1. The van der Waals surface area contributed by atoms with Gasteiger partial charge in [0.15, 0.2) is 0 Å². The summed E-state index contributed by atoms with van der Waals surface area (Å²) in [5.41, 5.74) is -1.37. The first-order valence-electron chi connectivity index (χ1n) is 5.38. The highest BCUT2D eigenvalue weighted by Crippen LogP contribution is 2.27. The average molecular weight is 199 g/mol. The number of rotatable bonds is 2. The maximum Gasteiger partial charge on any atom is 0.251 e. The van der Waals surface area contributed by atoms with Gasteiger partial charge in [-0.2, -0.15) is 0 Å². The first-order valence-corrected chi connectivity index (χ1v) is 5.38. The monoisotopic (exact) mass is 199 g/mol. The van der Waals surface area contributed by atoms with Crippen molar-refractivity contribution in [1.29, 1.82) is 0 Å².